The second-order valence-electron chi connectivity index (χ2n) is 6.76. The van der Waals surface area contributed by atoms with E-state index in [9.17, 15) is 0 Å². The van der Waals surface area contributed by atoms with Crippen molar-refractivity contribution in [1.82, 2.24) is 9.88 Å². The molecule has 0 spiro atoms. The number of aromatic nitrogens is 1. The Kier molecular flexibility index (Phi) is 5.16. The standard InChI is InChI=1S/C19H29N3/c1-2-3-6-16-14-22(12-10-18(16)20)11-9-15-13-21-19-8-5-4-7-17(15)19/h4-5,7-8,13,16,18,21H,2-3,6,9-12,14,20H2,1H3/t16-,18-/m0/s1. The van der Waals surface area contributed by atoms with Crippen LogP contribution < -0.4 is 5.73 Å². The van der Waals surface area contributed by atoms with E-state index >= 15 is 0 Å². The van der Waals surface area contributed by atoms with Gasteiger partial charge in [-0.3, -0.25) is 0 Å². The third kappa shape index (κ3) is 3.53. The molecule has 0 bridgehead atoms. The summed E-state index contributed by atoms with van der Waals surface area (Å²) in [5.74, 6) is 0.691. The molecule has 1 aliphatic heterocycles. The molecule has 3 rings (SSSR count). The Balaban J connectivity index is 1.57. The maximum absolute atomic E-state index is 6.32. The first-order chi connectivity index (χ1) is 10.8. The number of likely N-dealkylation sites (tertiary alicyclic amines) is 1. The molecule has 120 valence electrons. The minimum atomic E-state index is 0.413. The summed E-state index contributed by atoms with van der Waals surface area (Å²) < 4.78 is 0. The molecule has 1 fully saturated rings. The zero-order valence-corrected chi connectivity index (χ0v) is 13.7. The number of nitrogens with two attached hydrogens (primary N) is 1. The summed E-state index contributed by atoms with van der Waals surface area (Å²) in [5.41, 5.74) is 9.00. The minimum absolute atomic E-state index is 0.413. The van der Waals surface area contributed by atoms with Crippen molar-refractivity contribution in [3.05, 3.63) is 36.0 Å². The number of H-pyrrole nitrogens is 1. The molecule has 1 saturated heterocycles. The predicted molar refractivity (Wildman–Crippen MR) is 94.1 cm³/mol. The van der Waals surface area contributed by atoms with Gasteiger partial charge in [0.15, 0.2) is 0 Å². The van der Waals surface area contributed by atoms with Gasteiger partial charge in [-0.15, -0.1) is 0 Å². The summed E-state index contributed by atoms with van der Waals surface area (Å²) in [6.07, 6.45) is 8.34. The first kappa shape index (κ1) is 15.6. The van der Waals surface area contributed by atoms with Gasteiger partial charge in [0, 0.05) is 36.2 Å². The second-order valence-corrected chi connectivity index (χ2v) is 6.76. The van der Waals surface area contributed by atoms with Crippen LogP contribution in [0.15, 0.2) is 30.5 Å². The largest absolute Gasteiger partial charge is 0.361 e. The quantitative estimate of drug-likeness (QED) is 0.857. The zero-order valence-electron chi connectivity index (χ0n) is 13.7. The topological polar surface area (TPSA) is 45.0 Å². The number of hydrogen-bond donors (Lipinski definition) is 2. The molecule has 3 nitrogen and oxygen atoms in total. The van der Waals surface area contributed by atoms with Gasteiger partial charge in [0.05, 0.1) is 0 Å². The molecule has 1 aliphatic rings. The number of rotatable bonds is 6. The highest BCUT2D eigenvalue weighted by atomic mass is 15.1. The van der Waals surface area contributed by atoms with Crippen molar-refractivity contribution in [3.8, 4) is 0 Å². The van der Waals surface area contributed by atoms with E-state index in [-0.39, 0.29) is 0 Å². The Morgan fingerprint density at radius 2 is 2.18 bits per heavy atom. The number of fused-ring (bicyclic) bond motifs is 1. The van der Waals surface area contributed by atoms with E-state index in [2.05, 4.69) is 47.3 Å². The van der Waals surface area contributed by atoms with Crippen LogP contribution in [-0.2, 0) is 6.42 Å². The van der Waals surface area contributed by atoms with E-state index in [4.69, 9.17) is 5.73 Å². The fourth-order valence-electron chi connectivity index (χ4n) is 3.72. The molecule has 2 heterocycles. The van der Waals surface area contributed by atoms with Gasteiger partial charge in [0.1, 0.15) is 0 Å². The number of aromatic amines is 1. The molecule has 22 heavy (non-hydrogen) atoms. The zero-order chi connectivity index (χ0) is 15.4. The van der Waals surface area contributed by atoms with Gasteiger partial charge in [-0.05, 0) is 43.4 Å². The van der Waals surface area contributed by atoms with E-state index in [1.807, 2.05) is 0 Å². The molecule has 1 aromatic carbocycles. The monoisotopic (exact) mass is 299 g/mol. The van der Waals surface area contributed by atoms with Crippen molar-refractivity contribution >= 4 is 10.9 Å². The normalized spacial score (nSPS) is 23.2. The lowest BCUT2D eigenvalue weighted by molar-refractivity contribution is 0.148. The summed E-state index contributed by atoms with van der Waals surface area (Å²) in [4.78, 5) is 6.00. The molecule has 0 radical (unpaired) electrons. The van der Waals surface area contributed by atoms with E-state index < -0.39 is 0 Å². The number of para-hydroxylation sites is 1. The molecular formula is C19H29N3. The maximum Gasteiger partial charge on any atom is 0.0456 e. The third-order valence-corrected chi connectivity index (χ3v) is 5.18. The van der Waals surface area contributed by atoms with Crippen LogP contribution in [0.1, 0.15) is 38.2 Å². The van der Waals surface area contributed by atoms with Crippen LogP contribution in [0.25, 0.3) is 10.9 Å². The van der Waals surface area contributed by atoms with Gasteiger partial charge in [0.25, 0.3) is 0 Å². The number of hydrogen-bond acceptors (Lipinski definition) is 2. The van der Waals surface area contributed by atoms with Gasteiger partial charge in [-0.1, -0.05) is 38.0 Å². The van der Waals surface area contributed by atoms with Crippen molar-refractivity contribution < 1.29 is 0 Å². The summed E-state index contributed by atoms with van der Waals surface area (Å²) in [6, 6.07) is 9.00. The van der Waals surface area contributed by atoms with Gasteiger partial charge in [-0.2, -0.15) is 0 Å². The molecule has 3 heteroatoms. The highest BCUT2D eigenvalue weighted by molar-refractivity contribution is 5.83. The summed E-state index contributed by atoms with van der Waals surface area (Å²) >= 11 is 0. The Morgan fingerprint density at radius 3 is 3.05 bits per heavy atom. The summed E-state index contributed by atoms with van der Waals surface area (Å²) in [6.45, 7) is 5.76. The van der Waals surface area contributed by atoms with Crippen LogP contribution in [0, 0.1) is 5.92 Å². The smallest absolute Gasteiger partial charge is 0.0456 e. The first-order valence-corrected chi connectivity index (χ1v) is 8.81. The van der Waals surface area contributed by atoms with Crippen LogP contribution in [0.5, 0.6) is 0 Å². The number of nitrogens with one attached hydrogen (secondary N) is 1. The molecule has 2 atom stereocenters. The molecular weight excluding hydrogens is 270 g/mol. The van der Waals surface area contributed by atoms with Crippen LogP contribution in [0.4, 0.5) is 0 Å². The Bertz CT molecular complexity index is 589. The van der Waals surface area contributed by atoms with Crippen LogP contribution in [0.2, 0.25) is 0 Å². The van der Waals surface area contributed by atoms with Crippen LogP contribution in [0.3, 0.4) is 0 Å². The molecule has 0 amide bonds. The van der Waals surface area contributed by atoms with E-state index in [0.717, 1.165) is 25.9 Å². The van der Waals surface area contributed by atoms with Crippen LogP contribution >= 0.6 is 0 Å². The van der Waals surface area contributed by atoms with E-state index in [1.165, 1.54) is 42.3 Å². The van der Waals surface area contributed by atoms with Crippen LogP contribution in [-0.4, -0.2) is 35.6 Å². The summed E-state index contributed by atoms with van der Waals surface area (Å²) in [5, 5.41) is 1.37. The first-order valence-electron chi connectivity index (χ1n) is 8.81. The number of piperidine rings is 1. The van der Waals surface area contributed by atoms with Crippen molar-refractivity contribution in [2.45, 2.75) is 45.1 Å². The lowest BCUT2D eigenvalue weighted by Crippen LogP contribution is -2.47. The number of benzene rings is 1. The number of nitrogens with zero attached hydrogens (tertiary/aromatic N) is 1. The van der Waals surface area contributed by atoms with Crippen molar-refractivity contribution in [1.29, 1.82) is 0 Å². The highest BCUT2D eigenvalue weighted by Crippen LogP contribution is 2.23. The minimum Gasteiger partial charge on any atom is -0.361 e. The summed E-state index contributed by atoms with van der Waals surface area (Å²) in [7, 11) is 0. The fraction of sp³-hybridized carbons (Fsp3) is 0.579. The molecule has 0 saturated carbocycles. The molecule has 3 N–H and O–H groups in total. The Morgan fingerprint density at radius 1 is 1.32 bits per heavy atom. The van der Waals surface area contributed by atoms with E-state index in [0.29, 0.717) is 12.0 Å². The predicted octanol–water partition coefficient (Wildman–Crippen LogP) is 3.55. The number of unbranched alkanes of at least 4 members (excludes halogenated alkanes) is 1. The second kappa shape index (κ2) is 7.30. The van der Waals surface area contributed by atoms with Gasteiger partial charge in [0.2, 0.25) is 0 Å². The van der Waals surface area contributed by atoms with Crippen molar-refractivity contribution in [3.63, 3.8) is 0 Å². The van der Waals surface area contributed by atoms with Gasteiger partial charge >= 0.3 is 0 Å². The lowest BCUT2D eigenvalue weighted by atomic mass is 9.88. The Labute approximate surface area is 133 Å². The van der Waals surface area contributed by atoms with Gasteiger partial charge < -0.3 is 15.6 Å². The molecule has 2 aromatic rings. The molecule has 1 aromatic heterocycles. The SMILES string of the molecule is CCCC[C@H]1CN(CCc2c[nH]c3ccccc23)CC[C@@H]1N. The van der Waals surface area contributed by atoms with E-state index in [1.54, 1.807) is 0 Å². The average Bonchev–Trinajstić information content (AvgIpc) is 2.96. The fourth-order valence-corrected chi connectivity index (χ4v) is 3.72. The third-order valence-electron chi connectivity index (χ3n) is 5.18. The maximum atomic E-state index is 6.32. The lowest BCUT2D eigenvalue weighted by Gasteiger charge is -2.37. The molecule has 0 unspecified atom stereocenters. The molecule has 0 aliphatic carbocycles. The Hall–Kier alpha value is -1.32. The average molecular weight is 299 g/mol. The van der Waals surface area contributed by atoms with Crippen molar-refractivity contribution in [2.75, 3.05) is 19.6 Å². The van der Waals surface area contributed by atoms with Gasteiger partial charge in [-0.25, -0.2) is 0 Å². The van der Waals surface area contributed by atoms with Crippen molar-refractivity contribution in [2.24, 2.45) is 11.7 Å². The highest BCUT2D eigenvalue weighted by Gasteiger charge is 2.25.